The molecule has 0 unspecified atom stereocenters. The summed E-state index contributed by atoms with van der Waals surface area (Å²) in [6, 6.07) is 5.62. The summed E-state index contributed by atoms with van der Waals surface area (Å²) >= 11 is 0. The number of H-pyrrole nitrogens is 1. The van der Waals surface area contributed by atoms with Crippen LogP contribution in [0.3, 0.4) is 0 Å². The number of carbonyl (C=O) groups is 1. The molecule has 1 aromatic heterocycles. The number of hydrogen-bond acceptors (Lipinski definition) is 2. The highest BCUT2D eigenvalue weighted by Gasteiger charge is 2.24. The number of rotatable bonds is 0. The minimum absolute atomic E-state index is 0.0736. The van der Waals surface area contributed by atoms with Gasteiger partial charge in [0.15, 0.2) is 0 Å². The Balaban J connectivity index is 0.000000457. The molecule has 4 heteroatoms. The van der Waals surface area contributed by atoms with Crippen LogP contribution in [0, 0.1) is 0 Å². The van der Waals surface area contributed by atoms with Gasteiger partial charge in [0.1, 0.15) is 0 Å². The van der Waals surface area contributed by atoms with E-state index in [9.17, 15) is 4.79 Å². The number of aromatic nitrogens is 2. The molecule has 4 nitrogen and oxygen atoms in total. The van der Waals surface area contributed by atoms with Crippen molar-refractivity contribution in [2.45, 2.75) is 20.4 Å². The van der Waals surface area contributed by atoms with Crippen molar-refractivity contribution in [3.63, 3.8) is 0 Å². The van der Waals surface area contributed by atoms with E-state index in [1.807, 2.05) is 32.0 Å². The standard InChI is InChI=1S/C10H9N3O.C2H6/c1-13-5-8-9-6(10(13)14)3-2-4-7(9)11-12-8;1-2/h2-4H,5H2,1H3,(H,11,12);1-2H3. The quantitative estimate of drug-likeness (QED) is 0.735. The van der Waals surface area contributed by atoms with Crippen LogP contribution in [0.5, 0.6) is 0 Å². The number of aromatic amines is 1. The van der Waals surface area contributed by atoms with Gasteiger partial charge in [-0.15, -0.1) is 0 Å². The minimum atomic E-state index is 0.0736. The number of nitrogens with one attached hydrogen (secondary N) is 1. The zero-order valence-corrected chi connectivity index (χ0v) is 9.74. The van der Waals surface area contributed by atoms with E-state index in [0.717, 1.165) is 22.2 Å². The SMILES string of the molecule is CC.CN1Cc2[nH]nc3cccc(c23)C1=O. The predicted octanol–water partition coefficient (Wildman–Crippen LogP) is 2.17. The van der Waals surface area contributed by atoms with Gasteiger partial charge in [-0.25, -0.2) is 0 Å². The molecule has 1 aliphatic rings. The van der Waals surface area contributed by atoms with Crippen molar-refractivity contribution < 1.29 is 4.79 Å². The number of hydrogen-bond donors (Lipinski definition) is 1. The molecule has 0 bridgehead atoms. The second kappa shape index (κ2) is 3.96. The first kappa shape index (κ1) is 10.7. The highest BCUT2D eigenvalue weighted by atomic mass is 16.2. The monoisotopic (exact) mass is 217 g/mol. The first-order valence-electron chi connectivity index (χ1n) is 5.49. The maximum Gasteiger partial charge on any atom is 0.254 e. The van der Waals surface area contributed by atoms with Crippen molar-refractivity contribution in [2.75, 3.05) is 7.05 Å². The van der Waals surface area contributed by atoms with E-state index in [1.54, 1.807) is 11.9 Å². The maximum atomic E-state index is 11.8. The van der Waals surface area contributed by atoms with Crippen LogP contribution in [-0.4, -0.2) is 28.1 Å². The number of carbonyl (C=O) groups excluding carboxylic acids is 1. The molecule has 1 aromatic carbocycles. The lowest BCUT2D eigenvalue weighted by Crippen LogP contribution is -2.29. The summed E-state index contributed by atoms with van der Waals surface area (Å²) in [7, 11) is 1.80. The van der Waals surface area contributed by atoms with Gasteiger partial charge in [0.05, 0.1) is 23.3 Å². The van der Waals surface area contributed by atoms with Crippen molar-refractivity contribution in [3.8, 4) is 0 Å². The fourth-order valence-electron chi connectivity index (χ4n) is 1.94. The minimum Gasteiger partial charge on any atom is -0.336 e. The zero-order valence-electron chi connectivity index (χ0n) is 9.74. The summed E-state index contributed by atoms with van der Waals surface area (Å²) in [6.07, 6.45) is 0. The Morgan fingerprint density at radius 2 is 2.12 bits per heavy atom. The highest BCUT2D eigenvalue weighted by Crippen LogP contribution is 2.26. The van der Waals surface area contributed by atoms with Crippen molar-refractivity contribution in [3.05, 3.63) is 29.5 Å². The molecular formula is C12H15N3O. The first-order valence-corrected chi connectivity index (χ1v) is 5.49. The van der Waals surface area contributed by atoms with Gasteiger partial charge in [-0.05, 0) is 12.1 Å². The first-order chi connectivity index (χ1) is 7.77. The van der Waals surface area contributed by atoms with Crippen LogP contribution < -0.4 is 0 Å². The van der Waals surface area contributed by atoms with Gasteiger partial charge in [-0.3, -0.25) is 9.89 Å². The Morgan fingerprint density at radius 3 is 2.88 bits per heavy atom. The van der Waals surface area contributed by atoms with Gasteiger partial charge in [0, 0.05) is 12.4 Å². The maximum absolute atomic E-state index is 11.8. The van der Waals surface area contributed by atoms with E-state index in [-0.39, 0.29) is 5.91 Å². The Hall–Kier alpha value is -1.84. The van der Waals surface area contributed by atoms with Crippen molar-refractivity contribution in [1.82, 2.24) is 15.1 Å². The molecule has 0 fully saturated rings. The van der Waals surface area contributed by atoms with E-state index >= 15 is 0 Å². The number of nitrogens with zero attached hydrogens (tertiary/aromatic N) is 2. The third-order valence-corrected chi connectivity index (χ3v) is 2.63. The third-order valence-electron chi connectivity index (χ3n) is 2.63. The molecule has 0 aliphatic carbocycles. The highest BCUT2D eigenvalue weighted by molar-refractivity contribution is 6.08. The molecule has 1 N–H and O–H groups in total. The summed E-state index contributed by atoms with van der Waals surface area (Å²) in [5, 5.41) is 8.10. The molecule has 0 saturated carbocycles. The van der Waals surface area contributed by atoms with Crippen LogP contribution in [0.25, 0.3) is 10.9 Å². The summed E-state index contributed by atoms with van der Waals surface area (Å²) in [5.41, 5.74) is 2.65. The summed E-state index contributed by atoms with van der Waals surface area (Å²) in [5.74, 6) is 0.0736. The molecular weight excluding hydrogens is 202 g/mol. The molecule has 1 amide bonds. The van der Waals surface area contributed by atoms with Gasteiger partial charge in [-0.1, -0.05) is 19.9 Å². The molecule has 0 atom stereocenters. The third kappa shape index (κ3) is 1.38. The van der Waals surface area contributed by atoms with Gasteiger partial charge in [0.2, 0.25) is 0 Å². The van der Waals surface area contributed by atoms with Crippen molar-refractivity contribution in [1.29, 1.82) is 0 Å². The second-order valence-electron chi connectivity index (χ2n) is 3.56. The summed E-state index contributed by atoms with van der Waals surface area (Å²) in [4.78, 5) is 13.5. The lowest BCUT2D eigenvalue weighted by Gasteiger charge is -2.21. The average Bonchev–Trinajstić information content (AvgIpc) is 2.73. The second-order valence-corrected chi connectivity index (χ2v) is 3.56. The summed E-state index contributed by atoms with van der Waals surface area (Å²) < 4.78 is 0. The molecule has 2 aromatic rings. The lowest BCUT2D eigenvalue weighted by molar-refractivity contribution is 0.0779. The van der Waals surface area contributed by atoms with Crippen molar-refractivity contribution in [2.24, 2.45) is 0 Å². The van der Waals surface area contributed by atoms with E-state index in [4.69, 9.17) is 0 Å². The Morgan fingerprint density at radius 1 is 1.38 bits per heavy atom. The fraction of sp³-hybridized carbons (Fsp3) is 0.333. The van der Waals surface area contributed by atoms with Crippen LogP contribution in [0.1, 0.15) is 29.9 Å². The van der Waals surface area contributed by atoms with Gasteiger partial charge < -0.3 is 4.90 Å². The fourth-order valence-corrected chi connectivity index (χ4v) is 1.94. The largest absolute Gasteiger partial charge is 0.336 e. The Kier molecular flexibility index (Phi) is 2.64. The molecule has 84 valence electrons. The number of amides is 1. The molecule has 0 saturated heterocycles. The van der Waals surface area contributed by atoms with Crippen LogP contribution in [0.4, 0.5) is 0 Å². The van der Waals surface area contributed by atoms with Gasteiger partial charge in [-0.2, -0.15) is 5.10 Å². The molecule has 1 aliphatic heterocycles. The van der Waals surface area contributed by atoms with E-state index in [0.29, 0.717) is 6.54 Å². The zero-order chi connectivity index (χ0) is 11.7. The molecule has 16 heavy (non-hydrogen) atoms. The molecule has 3 rings (SSSR count). The van der Waals surface area contributed by atoms with Crippen LogP contribution in [0.15, 0.2) is 18.2 Å². The van der Waals surface area contributed by atoms with Crippen LogP contribution in [0.2, 0.25) is 0 Å². The van der Waals surface area contributed by atoms with Gasteiger partial charge in [0.25, 0.3) is 5.91 Å². The van der Waals surface area contributed by atoms with Crippen LogP contribution >= 0.6 is 0 Å². The topological polar surface area (TPSA) is 49.0 Å². The molecule has 2 heterocycles. The van der Waals surface area contributed by atoms with Gasteiger partial charge >= 0.3 is 0 Å². The molecule has 0 radical (unpaired) electrons. The van der Waals surface area contributed by atoms with Crippen molar-refractivity contribution >= 4 is 16.8 Å². The average molecular weight is 217 g/mol. The number of benzene rings is 1. The summed E-state index contributed by atoms with van der Waals surface area (Å²) in [6.45, 7) is 4.62. The Bertz CT molecular complexity index is 530. The predicted molar refractivity (Wildman–Crippen MR) is 63.2 cm³/mol. The molecule has 0 spiro atoms. The van der Waals surface area contributed by atoms with E-state index in [1.165, 1.54) is 0 Å². The normalized spacial score (nSPS) is 13.7. The van der Waals surface area contributed by atoms with E-state index in [2.05, 4.69) is 10.2 Å². The van der Waals surface area contributed by atoms with Crippen LogP contribution in [-0.2, 0) is 6.54 Å². The smallest absolute Gasteiger partial charge is 0.254 e. The Labute approximate surface area is 94.3 Å². The van der Waals surface area contributed by atoms with E-state index < -0.39 is 0 Å². The lowest BCUT2D eigenvalue weighted by atomic mass is 10.0.